The van der Waals surface area contributed by atoms with Crippen molar-refractivity contribution in [2.45, 2.75) is 24.7 Å². The molecule has 0 bridgehead atoms. The standard InChI is InChI=1S/C14H20N2O3S/c1-2-20(18,19)13-6-4-3-5-12(13)16-14(17)11-7-9-15-10-8-11/h3-6,11,15H,2,7-10H2,1H3,(H,16,17). The molecule has 5 nitrogen and oxygen atoms in total. The second-order valence-electron chi connectivity index (χ2n) is 4.91. The summed E-state index contributed by atoms with van der Waals surface area (Å²) < 4.78 is 24.0. The molecule has 1 amide bonds. The van der Waals surface area contributed by atoms with Crippen LogP contribution in [0.5, 0.6) is 0 Å². The lowest BCUT2D eigenvalue weighted by Gasteiger charge is -2.22. The van der Waals surface area contributed by atoms with Crippen molar-refractivity contribution in [3.8, 4) is 0 Å². The van der Waals surface area contributed by atoms with Crippen LogP contribution in [0.15, 0.2) is 29.2 Å². The van der Waals surface area contributed by atoms with Crippen LogP contribution in [0.2, 0.25) is 0 Å². The topological polar surface area (TPSA) is 75.3 Å². The molecule has 0 unspecified atom stereocenters. The Kier molecular flexibility index (Phi) is 4.77. The van der Waals surface area contributed by atoms with Crippen LogP contribution in [0.1, 0.15) is 19.8 Å². The zero-order chi connectivity index (χ0) is 14.6. The van der Waals surface area contributed by atoms with Gasteiger partial charge in [-0.15, -0.1) is 0 Å². The molecule has 2 rings (SSSR count). The van der Waals surface area contributed by atoms with E-state index in [4.69, 9.17) is 0 Å². The van der Waals surface area contributed by atoms with E-state index in [1.165, 1.54) is 6.07 Å². The highest BCUT2D eigenvalue weighted by Crippen LogP contribution is 2.23. The first-order chi connectivity index (χ1) is 9.54. The van der Waals surface area contributed by atoms with E-state index in [0.29, 0.717) is 5.69 Å². The number of benzene rings is 1. The maximum absolute atomic E-state index is 12.2. The van der Waals surface area contributed by atoms with E-state index >= 15 is 0 Å². The van der Waals surface area contributed by atoms with E-state index in [1.54, 1.807) is 25.1 Å². The Morgan fingerprint density at radius 1 is 1.30 bits per heavy atom. The Morgan fingerprint density at radius 2 is 1.95 bits per heavy atom. The van der Waals surface area contributed by atoms with Crippen LogP contribution < -0.4 is 10.6 Å². The number of nitrogens with one attached hydrogen (secondary N) is 2. The molecule has 0 spiro atoms. The van der Waals surface area contributed by atoms with Crippen molar-refractivity contribution in [1.29, 1.82) is 0 Å². The van der Waals surface area contributed by atoms with Gasteiger partial charge in [-0.1, -0.05) is 19.1 Å². The molecule has 1 aromatic rings. The summed E-state index contributed by atoms with van der Waals surface area (Å²) in [6.07, 6.45) is 1.57. The quantitative estimate of drug-likeness (QED) is 0.881. The van der Waals surface area contributed by atoms with Gasteiger partial charge < -0.3 is 10.6 Å². The van der Waals surface area contributed by atoms with Gasteiger partial charge >= 0.3 is 0 Å². The predicted octanol–water partition coefficient (Wildman–Crippen LogP) is 1.42. The molecule has 20 heavy (non-hydrogen) atoms. The average Bonchev–Trinajstić information content (AvgIpc) is 2.48. The number of rotatable bonds is 4. The highest BCUT2D eigenvalue weighted by molar-refractivity contribution is 7.91. The van der Waals surface area contributed by atoms with Crippen molar-refractivity contribution >= 4 is 21.4 Å². The van der Waals surface area contributed by atoms with Crippen molar-refractivity contribution in [2.75, 3.05) is 24.2 Å². The molecular formula is C14H20N2O3S. The molecular weight excluding hydrogens is 276 g/mol. The molecule has 0 radical (unpaired) electrons. The number of carbonyl (C=O) groups is 1. The van der Waals surface area contributed by atoms with Crippen LogP contribution in [-0.4, -0.2) is 33.2 Å². The summed E-state index contributed by atoms with van der Waals surface area (Å²) in [6, 6.07) is 6.58. The van der Waals surface area contributed by atoms with E-state index in [9.17, 15) is 13.2 Å². The van der Waals surface area contributed by atoms with E-state index in [-0.39, 0.29) is 22.5 Å². The Labute approximate surface area is 119 Å². The first-order valence-electron chi connectivity index (χ1n) is 6.88. The highest BCUT2D eigenvalue weighted by Gasteiger charge is 2.23. The van der Waals surface area contributed by atoms with Crippen LogP contribution in [0, 0.1) is 5.92 Å². The second-order valence-corrected chi connectivity index (χ2v) is 7.16. The van der Waals surface area contributed by atoms with Crippen molar-refractivity contribution in [1.82, 2.24) is 5.32 Å². The number of sulfone groups is 1. The molecule has 1 aromatic carbocycles. The van der Waals surface area contributed by atoms with E-state index in [0.717, 1.165) is 25.9 Å². The fraction of sp³-hybridized carbons (Fsp3) is 0.500. The molecule has 1 saturated heterocycles. The maximum Gasteiger partial charge on any atom is 0.227 e. The monoisotopic (exact) mass is 296 g/mol. The molecule has 0 aliphatic carbocycles. The Morgan fingerprint density at radius 3 is 2.60 bits per heavy atom. The largest absolute Gasteiger partial charge is 0.325 e. The molecule has 1 aliphatic rings. The van der Waals surface area contributed by atoms with Crippen LogP contribution >= 0.6 is 0 Å². The molecule has 1 aliphatic heterocycles. The number of anilines is 1. The summed E-state index contributed by atoms with van der Waals surface area (Å²) >= 11 is 0. The van der Waals surface area contributed by atoms with Gasteiger partial charge in [-0.25, -0.2) is 8.42 Å². The Balaban J connectivity index is 2.19. The summed E-state index contributed by atoms with van der Waals surface area (Å²) in [5.41, 5.74) is 0.387. The van der Waals surface area contributed by atoms with Gasteiger partial charge in [0.15, 0.2) is 9.84 Å². The normalized spacial score (nSPS) is 16.9. The fourth-order valence-corrected chi connectivity index (χ4v) is 3.37. The molecule has 0 atom stereocenters. The van der Waals surface area contributed by atoms with Gasteiger partial charge in [0, 0.05) is 5.92 Å². The minimum Gasteiger partial charge on any atom is -0.325 e. The lowest BCUT2D eigenvalue weighted by Crippen LogP contribution is -2.34. The first-order valence-corrected chi connectivity index (χ1v) is 8.53. The summed E-state index contributed by atoms with van der Waals surface area (Å²) in [6.45, 7) is 3.25. The van der Waals surface area contributed by atoms with Gasteiger partial charge in [-0.3, -0.25) is 4.79 Å². The van der Waals surface area contributed by atoms with Gasteiger partial charge in [0.05, 0.1) is 16.3 Å². The molecule has 1 heterocycles. The van der Waals surface area contributed by atoms with Crippen LogP contribution in [0.25, 0.3) is 0 Å². The SMILES string of the molecule is CCS(=O)(=O)c1ccccc1NC(=O)C1CCNCC1. The zero-order valence-corrected chi connectivity index (χ0v) is 12.4. The molecule has 1 fully saturated rings. The van der Waals surface area contributed by atoms with Gasteiger partial charge in [0.1, 0.15) is 0 Å². The smallest absolute Gasteiger partial charge is 0.227 e. The van der Waals surface area contributed by atoms with Crippen LogP contribution in [0.3, 0.4) is 0 Å². The third-order valence-corrected chi connectivity index (χ3v) is 5.36. The van der Waals surface area contributed by atoms with Gasteiger partial charge in [-0.2, -0.15) is 0 Å². The summed E-state index contributed by atoms with van der Waals surface area (Å²) in [5, 5.41) is 5.98. The van der Waals surface area contributed by atoms with Crippen molar-refractivity contribution in [2.24, 2.45) is 5.92 Å². The number of hydrogen-bond donors (Lipinski definition) is 2. The third-order valence-electron chi connectivity index (χ3n) is 3.57. The fourth-order valence-electron chi connectivity index (χ4n) is 2.32. The highest BCUT2D eigenvalue weighted by atomic mass is 32.2. The maximum atomic E-state index is 12.2. The number of piperidine rings is 1. The third kappa shape index (κ3) is 3.37. The van der Waals surface area contributed by atoms with Crippen molar-refractivity contribution < 1.29 is 13.2 Å². The zero-order valence-electron chi connectivity index (χ0n) is 11.6. The first kappa shape index (κ1) is 15.0. The molecule has 2 N–H and O–H groups in total. The summed E-state index contributed by atoms with van der Waals surface area (Å²) in [7, 11) is -3.33. The Hall–Kier alpha value is -1.40. The minimum atomic E-state index is -3.33. The van der Waals surface area contributed by atoms with Crippen LogP contribution in [-0.2, 0) is 14.6 Å². The van der Waals surface area contributed by atoms with Gasteiger partial charge in [0.2, 0.25) is 5.91 Å². The average molecular weight is 296 g/mol. The van der Waals surface area contributed by atoms with Gasteiger partial charge in [-0.05, 0) is 38.1 Å². The van der Waals surface area contributed by atoms with E-state index in [1.807, 2.05) is 0 Å². The lowest BCUT2D eigenvalue weighted by molar-refractivity contribution is -0.120. The van der Waals surface area contributed by atoms with Crippen molar-refractivity contribution in [3.63, 3.8) is 0 Å². The van der Waals surface area contributed by atoms with E-state index < -0.39 is 9.84 Å². The number of para-hydroxylation sites is 1. The van der Waals surface area contributed by atoms with Gasteiger partial charge in [0.25, 0.3) is 0 Å². The number of amides is 1. The predicted molar refractivity (Wildman–Crippen MR) is 78.4 cm³/mol. The molecule has 6 heteroatoms. The summed E-state index contributed by atoms with van der Waals surface area (Å²) in [4.78, 5) is 12.4. The van der Waals surface area contributed by atoms with Crippen molar-refractivity contribution in [3.05, 3.63) is 24.3 Å². The summed E-state index contributed by atoms with van der Waals surface area (Å²) in [5.74, 6) is -0.119. The lowest BCUT2D eigenvalue weighted by atomic mass is 9.97. The molecule has 110 valence electrons. The minimum absolute atomic E-state index is 0.0211. The second kappa shape index (κ2) is 6.37. The van der Waals surface area contributed by atoms with E-state index in [2.05, 4.69) is 10.6 Å². The molecule has 0 saturated carbocycles. The van der Waals surface area contributed by atoms with Crippen LogP contribution in [0.4, 0.5) is 5.69 Å². The number of carbonyl (C=O) groups excluding carboxylic acids is 1. The molecule has 0 aromatic heterocycles. The number of hydrogen-bond acceptors (Lipinski definition) is 4. The Bertz CT molecular complexity index is 578.